The number of hydrogen-bond acceptors (Lipinski definition) is 4. The molecule has 0 saturated carbocycles. The van der Waals surface area contributed by atoms with Crippen molar-refractivity contribution in [1.82, 2.24) is 4.98 Å². The Bertz CT molecular complexity index is 931. The minimum atomic E-state index is -0.783. The molecule has 3 aromatic rings. The summed E-state index contributed by atoms with van der Waals surface area (Å²) in [6, 6.07) is 9.74. The Labute approximate surface area is 157 Å². The third-order valence-corrected chi connectivity index (χ3v) is 4.44. The Morgan fingerprint density at radius 3 is 2.69 bits per heavy atom. The second kappa shape index (κ2) is 7.80. The van der Waals surface area contributed by atoms with Gasteiger partial charge in [-0.3, -0.25) is 10.1 Å². The van der Waals surface area contributed by atoms with E-state index in [0.29, 0.717) is 10.8 Å². The van der Waals surface area contributed by atoms with Gasteiger partial charge in [0.1, 0.15) is 17.4 Å². The van der Waals surface area contributed by atoms with E-state index in [1.165, 1.54) is 5.38 Å². The number of nitrogens with one attached hydrogen (secondary N) is 1. The Hall–Kier alpha value is -2.51. The molecule has 0 radical (unpaired) electrons. The molecule has 0 aliphatic heterocycles. The van der Waals surface area contributed by atoms with E-state index >= 15 is 0 Å². The zero-order chi connectivity index (χ0) is 18.7. The van der Waals surface area contributed by atoms with Crippen LogP contribution in [0.5, 0.6) is 5.75 Å². The Balaban J connectivity index is 1.67. The van der Waals surface area contributed by atoms with Gasteiger partial charge in [-0.1, -0.05) is 11.6 Å². The summed E-state index contributed by atoms with van der Waals surface area (Å²) < 4.78 is 32.6. The number of ether oxygens (including phenoxy) is 1. The van der Waals surface area contributed by atoms with Crippen molar-refractivity contribution >= 4 is 34.0 Å². The van der Waals surface area contributed by atoms with Gasteiger partial charge < -0.3 is 4.74 Å². The standard InChI is InChI=1S/C18H13ClF2N2O2S/c1-10(25-13-5-2-11(19)3-6-13)17(24)23-18-22-16(9-26-18)14-8-12(20)4-7-15(14)21/h2-10H,1H3,(H,22,23,24)/t10-/m0/s1. The number of amides is 1. The van der Waals surface area contributed by atoms with Crippen molar-refractivity contribution in [2.45, 2.75) is 13.0 Å². The highest BCUT2D eigenvalue weighted by molar-refractivity contribution is 7.14. The van der Waals surface area contributed by atoms with E-state index in [4.69, 9.17) is 16.3 Å². The highest BCUT2D eigenvalue weighted by Crippen LogP contribution is 2.28. The molecular formula is C18H13ClF2N2O2S. The molecule has 26 heavy (non-hydrogen) atoms. The summed E-state index contributed by atoms with van der Waals surface area (Å²) in [6.07, 6.45) is -0.783. The van der Waals surface area contributed by atoms with Gasteiger partial charge in [0.15, 0.2) is 11.2 Å². The first-order valence-electron chi connectivity index (χ1n) is 7.56. The third-order valence-electron chi connectivity index (χ3n) is 3.43. The molecule has 1 amide bonds. The molecule has 3 rings (SSSR count). The Morgan fingerprint density at radius 1 is 1.23 bits per heavy atom. The van der Waals surface area contributed by atoms with Gasteiger partial charge in [0.25, 0.3) is 5.91 Å². The number of carbonyl (C=O) groups is 1. The number of halogens is 3. The van der Waals surface area contributed by atoms with E-state index in [1.54, 1.807) is 31.2 Å². The number of carbonyl (C=O) groups excluding carboxylic acids is 1. The Kier molecular flexibility index (Phi) is 5.49. The van der Waals surface area contributed by atoms with Gasteiger partial charge in [-0.25, -0.2) is 13.8 Å². The molecular weight excluding hydrogens is 382 g/mol. The minimum absolute atomic E-state index is 0.0345. The summed E-state index contributed by atoms with van der Waals surface area (Å²) in [5, 5.41) is 4.97. The zero-order valence-corrected chi connectivity index (χ0v) is 15.1. The maximum Gasteiger partial charge on any atom is 0.266 e. The summed E-state index contributed by atoms with van der Waals surface area (Å²) >= 11 is 6.91. The fraction of sp³-hybridized carbons (Fsp3) is 0.111. The first-order chi connectivity index (χ1) is 12.4. The van der Waals surface area contributed by atoms with Gasteiger partial charge in [0.05, 0.1) is 5.69 Å². The smallest absolute Gasteiger partial charge is 0.266 e. The monoisotopic (exact) mass is 394 g/mol. The number of aromatic nitrogens is 1. The van der Waals surface area contributed by atoms with Crippen LogP contribution >= 0.6 is 22.9 Å². The molecule has 1 N–H and O–H groups in total. The predicted octanol–water partition coefficient (Wildman–Crippen LogP) is 5.15. The summed E-state index contributed by atoms with van der Waals surface area (Å²) in [6.45, 7) is 1.59. The summed E-state index contributed by atoms with van der Waals surface area (Å²) in [7, 11) is 0. The van der Waals surface area contributed by atoms with Crippen LogP contribution in [0.2, 0.25) is 5.02 Å². The maximum atomic E-state index is 13.8. The summed E-state index contributed by atoms with van der Waals surface area (Å²) in [5.41, 5.74) is 0.279. The lowest BCUT2D eigenvalue weighted by atomic mass is 10.1. The van der Waals surface area contributed by atoms with Crippen LogP contribution in [0.3, 0.4) is 0 Å². The van der Waals surface area contributed by atoms with Crippen LogP contribution < -0.4 is 10.1 Å². The molecule has 2 aromatic carbocycles. The van der Waals surface area contributed by atoms with Crippen molar-refractivity contribution in [3.63, 3.8) is 0 Å². The van der Waals surface area contributed by atoms with Gasteiger partial charge in [-0.2, -0.15) is 0 Å². The molecule has 0 bridgehead atoms. The molecule has 1 heterocycles. The summed E-state index contributed by atoms with van der Waals surface area (Å²) in [5.74, 6) is -1.07. The first kappa shape index (κ1) is 18.3. The highest BCUT2D eigenvalue weighted by atomic mass is 35.5. The van der Waals surface area contributed by atoms with Crippen LogP contribution in [0.4, 0.5) is 13.9 Å². The molecule has 0 aliphatic rings. The van der Waals surface area contributed by atoms with Crippen LogP contribution in [0.15, 0.2) is 47.8 Å². The van der Waals surface area contributed by atoms with Crippen molar-refractivity contribution in [2.75, 3.05) is 5.32 Å². The quantitative estimate of drug-likeness (QED) is 0.651. The van der Waals surface area contributed by atoms with Crippen LogP contribution in [-0.2, 0) is 4.79 Å². The third kappa shape index (κ3) is 4.36. The molecule has 0 spiro atoms. The maximum absolute atomic E-state index is 13.8. The number of rotatable bonds is 5. The van der Waals surface area contributed by atoms with E-state index in [1.807, 2.05) is 0 Å². The molecule has 0 unspecified atom stereocenters. The predicted molar refractivity (Wildman–Crippen MR) is 97.6 cm³/mol. The number of hydrogen-bond donors (Lipinski definition) is 1. The molecule has 0 saturated heterocycles. The van der Waals surface area contributed by atoms with Gasteiger partial charge in [-0.05, 0) is 49.4 Å². The van der Waals surface area contributed by atoms with Crippen molar-refractivity contribution in [3.05, 3.63) is 64.5 Å². The number of nitrogens with zero attached hydrogens (tertiary/aromatic N) is 1. The number of benzene rings is 2. The Morgan fingerprint density at radius 2 is 1.96 bits per heavy atom. The largest absolute Gasteiger partial charge is 0.481 e. The van der Waals surface area contributed by atoms with Crippen LogP contribution in [0.1, 0.15) is 6.92 Å². The van der Waals surface area contributed by atoms with E-state index in [0.717, 1.165) is 29.5 Å². The van der Waals surface area contributed by atoms with E-state index < -0.39 is 23.6 Å². The van der Waals surface area contributed by atoms with Crippen molar-refractivity contribution in [1.29, 1.82) is 0 Å². The molecule has 0 fully saturated rings. The zero-order valence-electron chi connectivity index (χ0n) is 13.5. The van der Waals surface area contributed by atoms with Gasteiger partial charge >= 0.3 is 0 Å². The molecule has 4 nitrogen and oxygen atoms in total. The van der Waals surface area contributed by atoms with Crippen LogP contribution in [0.25, 0.3) is 11.3 Å². The van der Waals surface area contributed by atoms with Crippen molar-refractivity contribution in [2.24, 2.45) is 0 Å². The molecule has 0 aliphatic carbocycles. The van der Waals surface area contributed by atoms with Crippen molar-refractivity contribution in [3.8, 4) is 17.0 Å². The number of anilines is 1. The lowest BCUT2D eigenvalue weighted by Crippen LogP contribution is -2.30. The van der Waals surface area contributed by atoms with Crippen LogP contribution in [0, 0.1) is 11.6 Å². The average Bonchev–Trinajstić information content (AvgIpc) is 3.07. The molecule has 1 aromatic heterocycles. The number of thiazole rings is 1. The second-order valence-electron chi connectivity index (χ2n) is 5.37. The highest BCUT2D eigenvalue weighted by Gasteiger charge is 2.17. The lowest BCUT2D eigenvalue weighted by molar-refractivity contribution is -0.122. The lowest BCUT2D eigenvalue weighted by Gasteiger charge is -2.13. The van der Waals surface area contributed by atoms with E-state index in [2.05, 4.69) is 10.3 Å². The van der Waals surface area contributed by atoms with Gasteiger partial charge in [0, 0.05) is 16.0 Å². The first-order valence-corrected chi connectivity index (χ1v) is 8.82. The topological polar surface area (TPSA) is 51.2 Å². The van der Waals surface area contributed by atoms with Gasteiger partial charge in [0.2, 0.25) is 0 Å². The van der Waals surface area contributed by atoms with E-state index in [9.17, 15) is 13.6 Å². The van der Waals surface area contributed by atoms with Gasteiger partial charge in [-0.15, -0.1) is 11.3 Å². The summed E-state index contributed by atoms with van der Waals surface area (Å²) in [4.78, 5) is 16.4. The molecule has 134 valence electrons. The van der Waals surface area contributed by atoms with Crippen LogP contribution in [-0.4, -0.2) is 17.0 Å². The second-order valence-corrected chi connectivity index (χ2v) is 6.66. The van der Waals surface area contributed by atoms with Crippen molar-refractivity contribution < 1.29 is 18.3 Å². The average molecular weight is 395 g/mol. The minimum Gasteiger partial charge on any atom is -0.481 e. The molecule has 1 atom stereocenters. The fourth-order valence-corrected chi connectivity index (χ4v) is 2.97. The normalized spacial score (nSPS) is 11.8. The fourth-order valence-electron chi connectivity index (χ4n) is 2.13. The SMILES string of the molecule is C[C@H](Oc1ccc(Cl)cc1)C(=O)Nc1nc(-c2cc(F)ccc2F)cs1. The molecule has 8 heteroatoms. The van der Waals surface area contributed by atoms with E-state index in [-0.39, 0.29) is 16.4 Å².